The second-order valence-corrected chi connectivity index (χ2v) is 6.72. The van der Waals surface area contributed by atoms with Crippen molar-refractivity contribution in [1.82, 2.24) is 0 Å². The maximum atomic E-state index is 10.4. The number of hydrogen-bond donors (Lipinski definition) is 0. The third-order valence-electron chi connectivity index (χ3n) is 5.11. The number of benzene rings is 1. The SMILES string of the molecule is CCc1ccc(CCCC[C@H]2CC[C@H](/C=C/C=O)CC2)cc1. The topological polar surface area (TPSA) is 17.1 Å². The fourth-order valence-corrected chi connectivity index (χ4v) is 3.58. The van der Waals surface area contributed by atoms with E-state index < -0.39 is 0 Å². The van der Waals surface area contributed by atoms with Crippen LogP contribution in [0.2, 0.25) is 0 Å². The summed E-state index contributed by atoms with van der Waals surface area (Å²) in [6.07, 6.45) is 16.3. The molecule has 0 N–H and O–H groups in total. The first-order valence-electron chi connectivity index (χ1n) is 9.01. The van der Waals surface area contributed by atoms with Gasteiger partial charge in [0.2, 0.25) is 0 Å². The van der Waals surface area contributed by atoms with Gasteiger partial charge in [-0.1, -0.05) is 50.1 Å². The zero-order valence-electron chi connectivity index (χ0n) is 14.0. The Labute approximate surface area is 135 Å². The van der Waals surface area contributed by atoms with Crippen LogP contribution in [0.4, 0.5) is 0 Å². The maximum Gasteiger partial charge on any atom is 0.142 e. The van der Waals surface area contributed by atoms with Gasteiger partial charge in [0.15, 0.2) is 0 Å². The summed E-state index contributed by atoms with van der Waals surface area (Å²) in [5, 5.41) is 0. The number of aryl methyl sites for hydroxylation is 2. The van der Waals surface area contributed by atoms with Gasteiger partial charge in [-0.2, -0.15) is 0 Å². The fourth-order valence-electron chi connectivity index (χ4n) is 3.58. The van der Waals surface area contributed by atoms with E-state index in [1.165, 1.54) is 62.5 Å². The van der Waals surface area contributed by atoms with Crippen LogP contribution in [0, 0.1) is 11.8 Å². The highest BCUT2D eigenvalue weighted by Crippen LogP contribution is 2.32. The summed E-state index contributed by atoms with van der Waals surface area (Å²) >= 11 is 0. The zero-order chi connectivity index (χ0) is 15.6. The number of allylic oxidation sites excluding steroid dienone is 2. The van der Waals surface area contributed by atoms with Crippen LogP contribution in [0.25, 0.3) is 0 Å². The lowest BCUT2D eigenvalue weighted by molar-refractivity contribution is -0.104. The van der Waals surface area contributed by atoms with Crippen molar-refractivity contribution in [2.24, 2.45) is 11.8 Å². The predicted octanol–water partition coefficient (Wildman–Crippen LogP) is 5.52. The number of carbonyl (C=O) groups excluding carboxylic acids is 1. The number of rotatable bonds is 8. The lowest BCUT2D eigenvalue weighted by Crippen LogP contribution is -2.13. The molecule has 1 fully saturated rings. The molecule has 1 saturated carbocycles. The van der Waals surface area contributed by atoms with E-state index in [4.69, 9.17) is 0 Å². The van der Waals surface area contributed by atoms with Crippen molar-refractivity contribution < 1.29 is 4.79 Å². The van der Waals surface area contributed by atoms with Crippen molar-refractivity contribution in [2.75, 3.05) is 0 Å². The van der Waals surface area contributed by atoms with Crippen LogP contribution < -0.4 is 0 Å². The van der Waals surface area contributed by atoms with E-state index in [9.17, 15) is 4.79 Å². The zero-order valence-corrected chi connectivity index (χ0v) is 14.0. The Morgan fingerprint density at radius 3 is 2.32 bits per heavy atom. The summed E-state index contributed by atoms with van der Waals surface area (Å²) in [6.45, 7) is 2.21. The molecule has 0 radical (unpaired) electrons. The summed E-state index contributed by atoms with van der Waals surface area (Å²) in [4.78, 5) is 10.4. The first-order valence-corrected chi connectivity index (χ1v) is 9.01. The largest absolute Gasteiger partial charge is 0.299 e. The molecule has 0 aliphatic heterocycles. The molecule has 1 aromatic carbocycles. The number of carbonyl (C=O) groups is 1. The number of aldehydes is 1. The molecule has 1 aliphatic carbocycles. The average Bonchev–Trinajstić information content (AvgIpc) is 2.58. The summed E-state index contributed by atoms with van der Waals surface area (Å²) in [5.41, 5.74) is 2.92. The molecule has 1 aliphatic rings. The van der Waals surface area contributed by atoms with Gasteiger partial charge in [0.1, 0.15) is 6.29 Å². The van der Waals surface area contributed by atoms with E-state index in [1.54, 1.807) is 6.08 Å². The standard InChI is InChI=1S/C21H30O/c1-2-18-9-11-19(12-10-18)6-3-4-7-20-13-15-21(16-14-20)8-5-17-22/h5,8-12,17,20-21H,2-4,6-7,13-16H2,1H3/b8-5+/t20-,21-. The van der Waals surface area contributed by atoms with Gasteiger partial charge in [-0.3, -0.25) is 4.79 Å². The molecule has 1 nitrogen and oxygen atoms in total. The van der Waals surface area contributed by atoms with Gasteiger partial charge in [-0.05, 0) is 74.0 Å². The second kappa shape index (κ2) is 9.61. The molecule has 0 spiro atoms. The minimum absolute atomic E-state index is 0.651. The molecule has 0 unspecified atom stereocenters. The van der Waals surface area contributed by atoms with Crippen molar-refractivity contribution in [2.45, 2.75) is 64.7 Å². The molecule has 1 aromatic rings. The van der Waals surface area contributed by atoms with Gasteiger partial charge >= 0.3 is 0 Å². The van der Waals surface area contributed by atoms with E-state index in [-0.39, 0.29) is 0 Å². The van der Waals surface area contributed by atoms with Crippen LogP contribution >= 0.6 is 0 Å². The van der Waals surface area contributed by atoms with Crippen molar-refractivity contribution >= 4 is 6.29 Å². The van der Waals surface area contributed by atoms with E-state index in [1.807, 2.05) is 0 Å². The minimum atomic E-state index is 0.651. The minimum Gasteiger partial charge on any atom is -0.299 e. The Morgan fingerprint density at radius 1 is 1.00 bits per heavy atom. The van der Waals surface area contributed by atoms with Gasteiger partial charge < -0.3 is 0 Å². The lowest BCUT2D eigenvalue weighted by atomic mass is 9.79. The van der Waals surface area contributed by atoms with E-state index >= 15 is 0 Å². The van der Waals surface area contributed by atoms with Crippen LogP contribution in [-0.2, 0) is 17.6 Å². The van der Waals surface area contributed by atoms with Crippen LogP contribution in [-0.4, -0.2) is 6.29 Å². The molecule has 120 valence electrons. The molecule has 0 amide bonds. The Hall–Kier alpha value is -1.37. The Bertz CT molecular complexity index is 449. The van der Waals surface area contributed by atoms with Crippen molar-refractivity contribution in [3.8, 4) is 0 Å². The smallest absolute Gasteiger partial charge is 0.142 e. The van der Waals surface area contributed by atoms with Crippen LogP contribution in [0.1, 0.15) is 63.0 Å². The monoisotopic (exact) mass is 298 g/mol. The Morgan fingerprint density at radius 2 is 1.68 bits per heavy atom. The third kappa shape index (κ3) is 5.79. The van der Waals surface area contributed by atoms with Crippen LogP contribution in [0.15, 0.2) is 36.4 Å². The van der Waals surface area contributed by atoms with Gasteiger partial charge in [0.05, 0.1) is 0 Å². The third-order valence-corrected chi connectivity index (χ3v) is 5.11. The summed E-state index contributed by atoms with van der Waals surface area (Å²) in [7, 11) is 0. The number of hydrogen-bond acceptors (Lipinski definition) is 1. The van der Waals surface area contributed by atoms with Crippen molar-refractivity contribution in [3.05, 3.63) is 47.5 Å². The van der Waals surface area contributed by atoms with Gasteiger partial charge in [-0.15, -0.1) is 0 Å². The van der Waals surface area contributed by atoms with Gasteiger partial charge in [-0.25, -0.2) is 0 Å². The molecule has 0 saturated heterocycles. The van der Waals surface area contributed by atoms with E-state index in [0.29, 0.717) is 5.92 Å². The highest BCUT2D eigenvalue weighted by Gasteiger charge is 2.18. The van der Waals surface area contributed by atoms with Crippen molar-refractivity contribution in [1.29, 1.82) is 0 Å². The molecule has 0 bridgehead atoms. The van der Waals surface area contributed by atoms with E-state index in [2.05, 4.69) is 37.3 Å². The predicted molar refractivity (Wildman–Crippen MR) is 94.0 cm³/mol. The Balaban J connectivity index is 1.59. The molecule has 22 heavy (non-hydrogen) atoms. The van der Waals surface area contributed by atoms with Gasteiger partial charge in [0, 0.05) is 0 Å². The molecule has 0 atom stereocenters. The maximum absolute atomic E-state index is 10.4. The first-order chi connectivity index (χ1) is 10.8. The normalized spacial score (nSPS) is 22.0. The molecular weight excluding hydrogens is 268 g/mol. The lowest BCUT2D eigenvalue weighted by Gasteiger charge is -2.26. The second-order valence-electron chi connectivity index (χ2n) is 6.72. The summed E-state index contributed by atoms with van der Waals surface area (Å²) in [5.74, 6) is 1.57. The van der Waals surface area contributed by atoms with Crippen molar-refractivity contribution in [3.63, 3.8) is 0 Å². The van der Waals surface area contributed by atoms with E-state index in [0.717, 1.165) is 18.6 Å². The molecular formula is C21H30O. The number of unbranched alkanes of at least 4 members (excludes halogenated alkanes) is 1. The van der Waals surface area contributed by atoms with Crippen LogP contribution in [0.3, 0.4) is 0 Å². The Kier molecular flexibility index (Phi) is 7.42. The summed E-state index contributed by atoms with van der Waals surface area (Å²) < 4.78 is 0. The molecule has 0 aromatic heterocycles. The highest BCUT2D eigenvalue weighted by molar-refractivity contribution is 5.64. The van der Waals surface area contributed by atoms with Gasteiger partial charge in [0.25, 0.3) is 0 Å². The molecule has 1 heteroatoms. The average molecular weight is 298 g/mol. The molecule has 2 rings (SSSR count). The summed E-state index contributed by atoms with van der Waals surface area (Å²) in [6, 6.07) is 9.12. The quantitative estimate of drug-likeness (QED) is 0.351. The fraction of sp³-hybridized carbons (Fsp3) is 0.571. The molecule has 0 heterocycles. The van der Waals surface area contributed by atoms with Crippen LogP contribution in [0.5, 0.6) is 0 Å². The highest BCUT2D eigenvalue weighted by atomic mass is 16.1. The first kappa shape index (κ1) is 17.0.